The van der Waals surface area contributed by atoms with Gasteiger partial charge in [0.05, 0.1) is 0 Å². The van der Waals surface area contributed by atoms with Gasteiger partial charge in [-0.15, -0.1) is 28.2 Å². The quantitative estimate of drug-likeness (QED) is 0.0171. The maximum absolute atomic E-state index is 14.7. The minimum absolute atomic E-state index is 0.0656. The number of rotatable bonds is 15. The van der Waals surface area contributed by atoms with E-state index in [1.54, 1.807) is 12.3 Å². The summed E-state index contributed by atoms with van der Waals surface area (Å²) in [7, 11) is 0. The molecule has 344 valence electrons. The SMILES string of the molecule is Cc1cc(=O)n2nc(SCC3=C(C(=O)OC(c4ccccc4)c4ccccc4)N4C(=O)[C@@H](NC(=O)/C(=N/O)c5csc(NC(c6ccccc6)(c6ccccc6)c6ccccc6)n5)[C@H]4SC3)sc2n1. The maximum atomic E-state index is 14.7. The van der Waals surface area contributed by atoms with E-state index in [0.29, 0.717) is 31.5 Å². The molecule has 1 saturated heterocycles. The maximum Gasteiger partial charge on any atom is 0.356 e. The van der Waals surface area contributed by atoms with E-state index in [0.717, 1.165) is 27.8 Å². The number of anilines is 1. The Balaban J connectivity index is 0.919. The van der Waals surface area contributed by atoms with Crippen LogP contribution in [0.5, 0.6) is 0 Å². The molecule has 2 aliphatic heterocycles. The van der Waals surface area contributed by atoms with Crippen LogP contribution in [0.2, 0.25) is 0 Å². The van der Waals surface area contributed by atoms with Gasteiger partial charge in [0.2, 0.25) is 4.96 Å². The molecule has 14 nitrogen and oxygen atoms in total. The number of hydrogen-bond acceptors (Lipinski definition) is 15. The molecule has 2 aliphatic rings. The Morgan fingerprint density at radius 1 is 0.841 bits per heavy atom. The number of nitrogens with one attached hydrogen (secondary N) is 2. The van der Waals surface area contributed by atoms with Crippen molar-refractivity contribution >= 4 is 79.8 Å². The van der Waals surface area contributed by atoms with E-state index in [1.165, 1.54) is 61.7 Å². The number of amides is 2. The third-order valence-corrected chi connectivity index (χ3v) is 15.9. The average Bonchev–Trinajstić information content (AvgIpc) is 4.04. The Kier molecular flexibility index (Phi) is 13.0. The second-order valence-corrected chi connectivity index (χ2v) is 20.1. The molecule has 0 unspecified atom stereocenters. The van der Waals surface area contributed by atoms with E-state index in [-0.39, 0.29) is 22.7 Å². The molecule has 0 aliphatic carbocycles. The summed E-state index contributed by atoms with van der Waals surface area (Å²) in [4.78, 5) is 66.8. The normalized spacial score (nSPS) is 16.0. The van der Waals surface area contributed by atoms with E-state index in [9.17, 15) is 24.4 Å². The fourth-order valence-corrected chi connectivity index (χ4v) is 12.7. The summed E-state index contributed by atoms with van der Waals surface area (Å²) in [6.45, 7) is 1.74. The summed E-state index contributed by atoms with van der Waals surface area (Å²) >= 11 is 5.16. The first-order chi connectivity index (χ1) is 33.7. The van der Waals surface area contributed by atoms with Gasteiger partial charge in [0.15, 0.2) is 21.3 Å². The zero-order chi connectivity index (χ0) is 47.5. The topological polar surface area (TPSA) is 180 Å². The molecule has 1 fully saturated rings. The van der Waals surface area contributed by atoms with Crippen LogP contribution in [-0.4, -0.2) is 76.1 Å². The highest BCUT2D eigenvalue weighted by atomic mass is 32.2. The molecule has 8 aromatic rings. The molecule has 69 heavy (non-hydrogen) atoms. The van der Waals surface area contributed by atoms with Gasteiger partial charge in [-0.25, -0.2) is 14.8 Å². The molecular weight excluding hydrogens is 949 g/mol. The van der Waals surface area contributed by atoms with Gasteiger partial charge in [-0.2, -0.15) is 4.52 Å². The molecule has 10 rings (SSSR count). The Hall–Kier alpha value is -7.38. The van der Waals surface area contributed by atoms with Crippen molar-refractivity contribution in [3.05, 3.63) is 224 Å². The highest BCUT2D eigenvalue weighted by molar-refractivity contribution is 8.02. The van der Waals surface area contributed by atoms with Gasteiger partial charge >= 0.3 is 5.97 Å². The smallest absolute Gasteiger partial charge is 0.356 e. The fraction of sp³-hybridized carbons (Fsp3) is 0.137. The number of benzene rings is 5. The first kappa shape index (κ1) is 45.4. The number of carbonyl (C=O) groups excluding carboxylic acids is 3. The molecule has 5 heterocycles. The number of aromatic nitrogens is 4. The Morgan fingerprint density at radius 3 is 1.97 bits per heavy atom. The van der Waals surface area contributed by atoms with Crippen LogP contribution in [0.4, 0.5) is 5.13 Å². The molecule has 0 radical (unpaired) electrons. The highest BCUT2D eigenvalue weighted by Crippen LogP contribution is 2.44. The first-order valence-electron chi connectivity index (χ1n) is 21.6. The average molecular weight is 989 g/mol. The molecule has 0 spiro atoms. The van der Waals surface area contributed by atoms with Crippen LogP contribution in [0.15, 0.2) is 189 Å². The van der Waals surface area contributed by atoms with Crippen molar-refractivity contribution in [1.82, 2.24) is 29.8 Å². The van der Waals surface area contributed by atoms with E-state index >= 15 is 0 Å². The summed E-state index contributed by atoms with van der Waals surface area (Å²) in [6, 6.07) is 48.9. The number of hydrogen-bond donors (Lipinski definition) is 3. The zero-order valence-electron chi connectivity index (χ0n) is 36.5. The summed E-state index contributed by atoms with van der Waals surface area (Å²) in [5, 5.41) is 26.0. The number of fused-ring (bicyclic) bond motifs is 2. The second-order valence-electron chi connectivity index (χ2n) is 16.0. The van der Waals surface area contributed by atoms with Gasteiger partial charge in [-0.1, -0.05) is 180 Å². The number of carbonyl (C=O) groups is 3. The number of β-lactam (4-membered cyclic amide) rings is 1. The van der Waals surface area contributed by atoms with E-state index in [1.807, 2.05) is 152 Å². The number of thioether (sulfide) groups is 2. The predicted molar refractivity (Wildman–Crippen MR) is 269 cm³/mol. The van der Waals surface area contributed by atoms with Crippen LogP contribution < -0.4 is 16.2 Å². The molecular formula is C51H40N8O6S4. The lowest BCUT2D eigenvalue weighted by atomic mass is 9.77. The molecule has 0 saturated carbocycles. The molecule has 2 amide bonds. The largest absolute Gasteiger partial charge is 0.448 e. The van der Waals surface area contributed by atoms with E-state index in [4.69, 9.17) is 9.72 Å². The van der Waals surface area contributed by atoms with Crippen LogP contribution in [0.25, 0.3) is 4.96 Å². The predicted octanol–water partition coefficient (Wildman–Crippen LogP) is 8.28. The molecule has 3 aromatic heterocycles. The molecule has 3 N–H and O–H groups in total. The lowest BCUT2D eigenvalue weighted by molar-refractivity contribution is -0.154. The van der Waals surface area contributed by atoms with Gasteiger partial charge in [0, 0.05) is 28.6 Å². The molecule has 2 atom stereocenters. The van der Waals surface area contributed by atoms with Gasteiger partial charge in [-0.3, -0.25) is 19.3 Å². The minimum atomic E-state index is -1.08. The highest BCUT2D eigenvalue weighted by Gasteiger charge is 2.55. The van der Waals surface area contributed by atoms with Crippen LogP contribution in [0.3, 0.4) is 0 Å². The summed E-state index contributed by atoms with van der Waals surface area (Å²) in [5.74, 6) is -1.56. The van der Waals surface area contributed by atoms with Crippen molar-refractivity contribution in [2.45, 2.75) is 34.3 Å². The van der Waals surface area contributed by atoms with Crippen LogP contribution >= 0.6 is 46.2 Å². The van der Waals surface area contributed by atoms with Crippen LogP contribution in [-0.2, 0) is 24.7 Å². The van der Waals surface area contributed by atoms with Crippen molar-refractivity contribution in [3.8, 4) is 0 Å². The summed E-state index contributed by atoms with van der Waals surface area (Å²) in [6.07, 6.45) is -0.800. The van der Waals surface area contributed by atoms with Gasteiger partial charge in [0.1, 0.15) is 28.3 Å². The Labute approximate surface area is 411 Å². The summed E-state index contributed by atoms with van der Waals surface area (Å²) in [5.41, 5.74) is 4.04. The molecule has 0 bridgehead atoms. The zero-order valence-corrected chi connectivity index (χ0v) is 39.8. The van der Waals surface area contributed by atoms with Crippen molar-refractivity contribution in [2.75, 3.05) is 16.8 Å². The fourth-order valence-electron chi connectivity index (χ4n) is 8.44. The van der Waals surface area contributed by atoms with Gasteiger partial charge in [0.25, 0.3) is 17.4 Å². The van der Waals surface area contributed by atoms with Gasteiger partial charge in [-0.05, 0) is 40.3 Å². The Morgan fingerprint density at radius 2 is 1.41 bits per heavy atom. The third-order valence-electron chi connectivity index (χ3n) is 11.7. The Bertz CT molecular complexity index is 3160. The summed E-state index contributed by atoms with van der Waals surface area (Å²) < 4.78 is 8.13. The van der Waals surface area contributed by atoms with Crippen molar-refractivity contribution in [3.63, 3.8) is 0 Å². The molecule has 5 aromatic carbocycles. The monoisotopic (exact) mass is 988 g/mol. The lowest BCUT2D eigenvalue weighted by Crippen LogP contribution is -2.71. The number of thiazole rings is 1. The van der Waals surface area contributed by atoms with Crippen molar-refractivity contribution < 1.29 is 24.3 Å². The van der Waals surface area contributed by atoms with E-state index < -0.39 is 46.6 Å². The first-order valence-corrected chi connectivity index (χ1v) is 25.4. The van der Waals surface area contributed by atoms with Gasteiger partial charge < -0.3 is 20.6 Å². The number of ether oxygens (including phenoxy) is 1. The second kappa shape index (κ2) is 19.7. The van der Waals surface area contributed by atoms with Crippen molar-refractivity contribution in [1.29, 1.82) is 0 Å². The van der Waals surface area contributed by atoms with Crippen LogP contribution in [0.1, 0.15) is 45.3 Å². The standard InChI is InChI=1S/C51H40N8O6S4/c1-31-27-39(60)59-49(52-31)69-50(56-59)68-29-34-28-66-46-41(45(62)58(46)42(34)47(63)65-43(32-17-7-2-8-18-32)33-19-9-3-10-20-33)54-44(61)40(57-64)38-30-67-48(53-38)55-51(35-21-11-4-12-22-35,36-23-13-5-14-24-36)37-25-15-6-16-26-37/h2-27,30,41,43,46,64H,28-29H2,1H3,(H,53,55)(H,54,61)/b57-40+/t41-,46-/m1/s1. The number of nitrogens with zero attached hydrogens (tertiary/aromatic N) is 6. The van der Waals surface area contributed by atoms with Crippen LogP contribution in [0, 0.1) is 6.92 Å². The minimum Gasteiger partial charge on any atom is -0.448 e. The van der Waals surface area contributed by atoms with Crippen molar-refractivity contribution in [2.24, 2.45) is 5.16 Å². The lowest BCUT2D eigenvalue weighted by Gasteiger charge is -2.49. The molecule has 18 heteroatoms. The van der Waals surface area contributed by atoms with E-state index in [2.05, 4.69) is 25.9 Å². The number of aryl methyl sites for hydroxylation is 1. The third kappa shape index (κ3) is 8.94. The number of esters is 1. The number of oxime groups is 1.